The van der Waals surface area contributed by atoms with Crippen LogP contribution in [-0.4, -0.2) is 64.7 Å². The lowest BCUT2D eigenvalue weighted by atomic mass is 10.3. The quantitative estimate of drug-likeness (QED) is 0.765. The average Bonchev–Trinajstić information content (AvgIpc) is 3.07. The van der Waals surface area contributed by atoms with Gasteiger partial charge >= 0.3 is 0 Å². The van der Waals surface area contributed by atoms with Gasteiger partial charge in [0.1, 0.15) is 5.76 Å². The Morgan fingerprint density at radius 1 is 1.22 bits per heavy atom. The minimum Gasteiger partial charge on any atom is -0.360 e. The van der Waals surface area contributed by atoms with Crippen LogP contribution < -0.4 is 5.32 Å². The number of carbonyl (C=O) groups is 2. The summed E-state index contributed by atoms with van der Waals surface area (Å²) < 4.78 is 4.94. The first-order valence-electron chi connectivity index (χ1n) is 8.97. The van der Waals surface area contributed by atoms with Crippen LogP contribution in [0.4, 0.5) is 5.82 Å². The molecule has 1 N–H and O–H groups in total. The van der Waals surface area contributed by atoms with Gasteiger partial charge in [-0.25, -0.2) is 0 Å². The molecule has 27 heavy (non-hydrogen) atoms. The Morgan fingerprint density at radius 3 is 2.56 bits per heavy atom. The predicted molar refractivity (Wildman–Crippen MR) is 105 cm³/mol. The summed E-state index contributed by atoms with van der Waals surface area (Å²) in [4.78, 5) is 29.8. The first-order valence-corrected chi connectivity index (χ1v) is 9.85. The average molecular weight is 388 g/mol. The fraction of sp³-hybridized carbons (Fsp3) is 0.421. The summed E-state index contributed by atoms with van der Waals surface area (Å²) >= 11 is 1.58. The number of benzene rings is 1. The molecule has 2 aromatic rings. The van der Waals surface area contributed by atoms with Crippen molar-refractivity contribution >= 4 is 29.4 Å². The van der Waals surface area contributed by atoms with Crippen molar-refractivity contribution in [3.63, 3.8) is 0 Å². The van der Waals surface area contributed by atoms with Crippen LogP contribution in [0.25, 0.3) is 0 Å². The van der Waals surface area contributed by atoms with Crippen LogP contribution in [0.3, 0.4) is 0 Å². The zero-order valence-electron chi connectivity index (χ0n) is 15.6. The SMILES string of the molecule is Cc1cc(NC(=O)CN2CCN(C(=O)[C@@H](C)Sc3ccccc3)CC2)no1. The number of carbonyl (C=O) groups excluding carboxylic acids is 2. The van der Waals surface area contributed by atoms with Crippen molar-refractivity contribution in [3.8, 4) is 0 Å². The second-order valence-electron chi connectivity index (χ2n) is 6.55. The number of piperazine rings is 1. The number of hydrogen-bond donors (Lipinski definition) is 1. The summed E-state index contributed by atoms with van der Waals surface area (Å²) in [5, 5.41) is 6.35. The molecule has 1 saturated heterocycles. The fourth-order valence-electron chi connectivity index (χ4n) is 2.95. The zero-order chi connectivity index (χ0) is 19.2. The monoisotopic (exact) mass is 388 g/mol. The standard InChI is InChI=1S/C19H24N4O3S/c1-14-12-17(21-26-14)20-18(24)13-22-8-10-23(11-9-22)19(25)15(2)27-16-6-4-3-5-7-16/h3-7,12,15H,8-11,13H2,1-2H3,(H,20,21,24)/t15-/m1/s1. The number of hydrogen-bond acceptors (Lipinski definition) is 6. The third-order valence-corrected chi connectivity index (χ3v) is 5.45. The Morgan fingerprint density at radius 2 is 1.93 bits per heavy atom. The maximum absolute atomic E-state index is 12.7. The van der Waals surface area contributed by atoms with Crippen molar-refractivity contribution in [2.45, 2.75) is 24.0 Å². The van der Waals surface area contributed by atoms with E-state index in [2.05, 4.69) is 10.5 Å². The van der Waals surface area contributed by atoms with Gasteiger partial charge in [-0.05, 0) is 26.0 Å². The maximum Gasteiger partial charge on any atom is 0.239 e. The summed E-state index contributed by atoms with van der Waals surface area (Å²) in [6, 6.07) is 11.6. The molecule has 1 fully saturated rings. The number of amides is 2. The van der Waals surface area contributed by atoms with Crippen molar-refractivity contribution < 1.29 is 14.1 Å². The van der Waals surface area contributed by atoms with Gasteiger partial charge in [0.05, 0.1) is 11.8 Å². The Kier molecular flexibility index (Phi) is 6.52. The van der Waals surface area contributed by atoms with E-state index in [1.165, 1.54) is 0 Å². The van der Waals surface area contributed by atoms with E-state index < -0.39 is 0 Å². The lowest BCUT2D eigenvalue weighted by Gasteiger charge is -2.35. The Balaban J connectivity index is 1.42. The van der Waals surface area contributed by atoms with Crippen molar-refractivity contribution in [2.75, 3.05) is 38.0 Å². The highest BCUT2D eigenvalue weighted by atomic mass is 32.2. The van der Waals surface area contributed by atoms with Crippen molar-refractivity contribution in [1.82, 2.24) is 15.0 Å². The van der Waals surface area contributed by atoms with Gasteiger partial charge in [-0.3, -0.25) is 14.5 Å². The summed E-state index contributed by atoms with van der Waals surface area (Å²) in [6.45, 7) is 6.63. The molecular formula is C19H24N4O3S. The van der Waals surface area contributed by atoms with Crippen LogP contribution >= 0.6 is 11.8 Å². The van der Waals surface area contributed by atoms with Gasteiger partial charge in [-0.2, -0.15) is 0 Å². The molecule has 1 aromatic heterocycles. The molecule has 1 aromatic carbocycles. The zero-order valence-corrected chi connectivity index (χ0v) is 16.4. The molecule has 0 aliphatic carbocycles. The summed E-state index contributed by atoms with van der Waals surface area (Å²) in [7, 11) is 0. The van der Waals surface area contributed by atoms with E-state index in [1.807, 2.05) is 47.1 Å². The number of thioether (sulfide) groups is 1. The number of aryl methyl sites for hydroxylation is 1. The van der Waals surface area contributed by atoms with Gasteiger partial charge in [0, 0.05) is 37.1 Å². The minimum atomic E-state index is -0.129. The third-order valence-electron chi connectivity index (χ3n) is 4.35. The van der Waals surface area contributed by atoms with E-state index >= 15 is 0 Å². The molecule has 3 rings (SSSR count). The van der Waals surface area contributed by atoms with Crippen molar-refractivity contribution in [1.29, 1.82) is 0 Å². The van der Waals surface area contributed by atoms with E-state index in [-0.39, 0.29) is 23.6 Å². The van der Waals surface area contributed by atoms with E-state index in [4.69, 9.17) is 4.52 Å². The van der Waals surface area contributed by atoms with Crippen molar-refractivity contribution in [2.24, 2.45) is 0 Å². The highest BCUT2D eigenvalue weighted by molar-refractivity contribution is 8.00. The third kappa shape index (κ3) is 5.58. The molecule has 0 radical (unpaired) electrons. The van der Waals surface area contributed by atoms with E-state index in [0.29, 0.717) is 37.8 Å². The lowest BCUT2D eigenvalue weighted by molar-refractivity contribution is -0.132. The normalized spacial score (nSPS) is 16.1. The Labute approximate surface area is 163 Å². The number of nitrogens with zero attached hydrogens (tertiary/aromatic N) is 3. The van der Waals surface area contributed by atoms with Crippen LogP contribution in [0.1, 0.15) is 12.7 Å². The van der Waals surface area contributed by atoms with Gasteiger partial charge in [-0.15, -0.1) is 11.8 Å². The molecule has 0 saturated carbocycles. The topological polar surface area (TPSA) is 78.7 Å². The molecule has 144 valence electrons. The second kappa shape index (κ2) is 9.05. The number of rotatable bonds is 6. The molecule has 0 bridgehead atoms. The van der Waals surface area contributed by atoms with Crippen LogP contribution in [0.15, 0.2) is 45.8 Å². The fourth-order valence-corrected chi connectivity index (χ4v) is 3.92. The molecular weight excluding hydrogens is 364 g/mol. The van der Waals surface area contributed by atoms with Crippen LogP contribution in [0.5, 0.6) is 0 Å². The molecule has 1 aliphatic heterocycles. The first-order chi connectivity index (χ1) is 13.0. The summed E-state index contributed by atoms with van der Waals surface area (Å²) in [6.07, 6.45) is 0. The van der Waals surface area contributed by atoms with E-state index in [1.54, 1.807) is 24.8 Å². The van der Waals surface area contributed by atoms with Gasteiger partial charge in [0.2, 0.25) is 11.8 Å². The van der Waals surface area contributed by atoms with Gasteiger partial charge in [0.15, 0.2) is 5.82 Å². The minimum absolute atomic E-state index is 0.127. The van der Waals surface area contributed by atoms with Crippen LogP contribution in [-0.2, 0) is 9.59 Å². The van der Waals surface area contributed by atoms with E-state index in [0.717, 1.165) is 4.90 Å². The summed E-state index contributed by atoms with van der Waals surface area (Å²) in [5.74, 6) is 1.10. The van der Waals surface area contributed by atoms with Gasteiger partial charge in [0.25, 0.3) is 0 Å². The molecule has 1 atom stereocenters. The maximum atomic E-state index is 12.7. The Bertz CT molecular complexity index is 772. The predicted octanol–water partition coefficient (Wildman–Crippen LogP) is 2.25. The molecule has 1 aliphatic rings. The number of nitrogens with one attached hydrogen (secondary N) is 1. The number of aromatic nitrogens is 1. The highest BCUT2D eigenvalue weighted by Gasteiger charge is 2.26. The lowest BCUT2D eigenvalue weighted by Crippen LogP contribution is -2.52. The van der Waals surface area contributed by atoms with Crippen LogP contribution in [0, 0.1) is 6.92 Å². The second-order valence-corrected chi connectivity index (χ2v) is 7.96. The molecule has 7 nitrogen and oxygen atoms in total. The summed E-state index contributed by atoms with van der Waals surface area (Å²) in [5.41, 5.74) is 0. The molecule has 0 spiro atoms. The van der Waals surface area contributed by atoms with Crippen molar-refractivity contribution in [3.05, 3.63) is 42.2 Å². The smallest absolute Gasteiger partial charge is 0.239 e. The molecule has 8 heteroatoms. The molecule has 0 unspecified atom stereocenters. The Hall–Kier alpha value is -2.32. The molecule has 2 amide bonds. The van der Waals surface area contributed by atoms with Gasteiger partial charge < -0.3 is 14.7 Å². The molecule has 2 heterocycles. The largest absolute Gasteiger partial charge is 0.360 e. The first kappa shape index (κ1) is 19.4. The number of anilines is 1. The van der Waals surface area contributed by atoms with Crippen LogP contribution in [0.2, 0.25) is 0 Å². The van der Waals surface area contributed by atoms with Gasteiger partial charge in [-0.1, -0.05) is 23.4 Å². The highest BCUT2D eigenvalue weighted by Crippen LogP contribution is 2.24. The van der Waals surface area contributed by atoms with E-state index in [9.17, 15) is 9.59 Å².